The predicted octanol–water partition coefficient (Wildman–Crippen LogP) is 0.828. The van der Waals surface area contributed by atoms with Crippen molar-refractivity contribution in [3.05, 3.63) is 18.0 Å². The molecule has 1 aromatic rings. The number of nitrogens with zero attached hydrogens (tertiary/aromatic N) is 3. The number of likely N-dealkylation sites (N-methyl/N-ethyl adjacent to an activating group) is 1. The summed E-state index contributed by atoms with van der Waals surface area (Å²) in [5, 5.41) is 7.23. The van der Waals surface area contributed by atoms with E-state index >= 15 is 0 Å². The zero-order valence-corrected chi connectivity index (χ0v) is 11.2. The lowest BCUT2D eigenvalue weighted by Crippen LogP contribution is -2.41. The molecular weight excluding hydrogens is 228 g/mol. The predicted molar refractivity (Wildman–Crippen MR) is 70.4 cm³/mol. The van der Waals surface area contributed by atoms with Crippen LogP contribution in [-0.4, -0.2) is 47.3 Å². The molecule has 2 heterocycles. The molecule has 0 unspecified atom stereocenters. The van der Waals surface area contributed by atoms with E-state index in [0.717, 1.165) is 32.5 Å². The third-order valence-electron chi connectivity index (χ3n) is 3.62. The van der Waals surface area contributed by atoms with Crippen molar-refractivity contribution in [1.82, 2.24) is 20.0 Å². The highest BCUT2D eigenvalue weighted by molar-refractivity contribution is 5.78. The van der Waals surface area contributed by atoms with Gasteiger partial charge in [-0.15, -0.1) is 0 Å². The van der Waals surface area contributed by atoms with Crippen molar-refractivity contribution < 1.29 is 4.79 Å². The fourth-order valence-corrected chi connectivity index (χ4v) is 2.49. The Bertz CT molecular complexity index is 393. The molecule has 0 aromatic carbocycles. The molecule has 1 amide bonds. The standard InChI is InChI=1S/C13H22N4O/c1-3-17-10-12(8-15-17)11-4-6-16(7-5-11)13(18)9-14-2/h8,10-11,14H,3-7,9H2,1-2H3. The SMILES string of the molecule is CCn1cc(C2CCN(C(=O)CNC)CC2)cn1. The van der Waals surface area contributed by atoms with E-state index in [1.165, 1.54) is 5.56 Å². The molecule has 1 aromatic heterocycles. The molecule has 0 atom stereocenters. The summed E-state index contributed by atoms with van der Waals surface area (Å²) in [7, 11) is 1.81. The summed E-state index contributed by atoms with van der Waals surface area (Å²) >= 11 is 0. The van der Waals surface area contributed by atoms with Gasteiger partial charge in [-0.05, 0) is 38.3 Å². The fourth-order valence-electron chi connectivity index (χ4n) is 2.49. The number of hydrogen-bond donors (Lipinski definition) is 1. The number of likely N-dealkylation sites (tertiary alicyclic amines) is 1. The van der Waals surface area contributed by atoms with Crippen LogP contribution in [0.25, 0.3) is 0 Å². The van der Waals surface area contributed by atoms with Crippen molar-refractivity contribution in [2.45, 2.75) is 32.2 Å². The van der Waals surface area contributed by atoms with Crippen molar-refractivity contribution in [2.24, 2.45) is 0 Å². The quantitative estimate of drug-likeness (QED) is 0.861. The number of amides is 1. The molecule has 1 fully saturated rings. The lowest BCUT2D eigenvalue weighted by atomic mass is 9.91. The summed E-state index contributed by atoms with van der Waals surface area (Å²) in [5.41, 5.74) is 1.32. The van der Waals surface area contributed by atoms with Crippen LogP contribution in [0.5, 0.6) is 0 Å². The largest absolute Gasteiger partial charge is 0.342 e. The zero-order chi connectivity index (χ0) is 13.0. The van der Waals surface area contributed by atoms with Gasteiger partial charge < -0.3 is 10.2 Å². The van der Waals surface area contributed by atoms with Gasteiger partial charge in [0.2, 0.25) is 5.91 Å². The molecule has 0 spiro atoms. The van der Waals surface area contributed by atoms with E-state index in [1.54, 1.807) is 0 Å². The van der Waals surface area contributed by atoms with E-state index in [9.17, 15) is 4.79 Å². The van der Waals surface area contributed by atoms with E-state index < -0.39 is 0 Å². The van der Waals surface area contributed by atoms with Crippen LogP contribution in [0.3, 0.4) is 0 Å². The highest BCUT2D eigenvalue weighted by atomic mass is 16.2. The lowest BCUT2D eigenvalue weighted by Gasteiger charge is -2.31. The van der Waals surface area contributed by atoms with E-state index in [-0.39, 0.29) is 5.91 Å². The number of piperidine rings is 1. The average molecular weight is 250 g/mol. The van der Waals surface area contributed by atoms with Crippen molar-refractivity contribution in [3.8, 4) is 0 Å². The Kier molecular flexibility index (Phi) is 4.36. The van der Waals surface area contributed by atoms with Crippen molar-refractivity contribution >= 4 is 5.91 Å². The van der Waals surface area contributed by atoms with Crippen molar-refractivity contribution in [2.75, 3.05) is 26.7 Å². The molecule has 0 bridgehead atoms. The van der Waals surface area contributed by atoms with Gasteiger partial charge in [-0.2, -0.15) is 5.10 Å². The van der Waals surface area contributed by atoms with Crippen LogP contribution in [0, 0.1) is 0 Å². The van der Waals surface area contributed by atoms with E-state index in [2.05, 4.69) is 23.5 Å². The number of rotatable bonds is 4. The molecule has 0 radical (unpaired) electrons. The molecule has 1 aliphatic rings. The Morgan fingerprint density at radius 3 is 2.78 bits per heavy atom. The normalized spacial score (nSPS) is 17.1. The van der Waals surface area contributed by atoms with E-state index in [0.29, 0.717) is 12.5 Å². The first-order valence-corrected chi connectivity index (χ1v) is 6.69. The topological polar surface area (TPSA) is 50.2 Å². The fraction of sp³-hybridized carbons (Fsp3) is 0.692. The summed E-state index contributed by atoms with van der Waals surface area (Å²) in [6.45, 7) is 5.18. The molecule has 2 rings (SSSR count). The second kappa shape index (κ2) is 6.00. The molecule has 5 heteroatoms. The summed E-state index contributed by atoms with van der Waals surface area (Å²) in [6, 6.07) is 0. The number of nitrogens with one attached hydrogen (secondary N) is 1. The maximum absolute atomic E-state index is 11.7. The highest BCUT2D eigenvalue weighted by Crippen LogP contribution is 2.27. The molecule has 1 saturated heterocycles. The second-order valence-electron chi connectivity index (χ2n) is 4.81. The molecule has 5 nitrogen and oxygen atoms in total. The number of carbonyl (C=O) groups excluding carboxylic acids is 1. The van der Waals surface area contributed by atoms with Gasteiger partial charge in [0.15, 0.2) is 0 Å². The Hall–Kier alpha value is -1.36. The van der Waals surface area contributed by atoms with E-state index in [4.69, 9.17) is 0 Å². The second-order valence-corrected chi connectivity index (χ2v) is 4.81. The summed E-state index contributed by atoms with van der Waals surface area (Å²) in [6.07, 6.45) is 6.20. The maximum atomic E-state index is 11.7. The first kappa shape index (κ1) is 13.1. The van der Waals surface area contributed by atoms with Gasteiger partial charge in [-0.1, -0.05) is 0 Å². The Morgan fingerprint density at radius 2 is 2.22 bits per heavy atom. The first-order valence-electron chi connectivity index (χ1n) is 6.69. The summed E-state index contributed by atoms with van der Waals surface area (Å²) < 4.78 is 1.97. The van der Waals surface area contributed by atoms with Gasteiger partial charge in [0.1, 0.15) is 0 Å². The minimum absolute atomic E-state index is 0.209. The third-order valence-corrected chi connectivity index (χ3v) is 3.62. The van der Waals surface area contributed by atoms with Crippen LogP contribution >= 0.6 is 0 Å². The van der Waals surface area contributed by atoms with Gasteiger partial charge in [-0.25, -0.2) is 0 Å². The van der Waals surface area contributed by atoms with Crippen LogP contribution in [0.2, 0.25) is 0 Å². The molecule has 100 valence electrons. The lowest BCUT2D eigenvalue weighted by molar-refractivity contribution is -0.131. The highest BCUT2D eigenvalue weighted by Gasteiger charge is 2.23. The van der Waals surface area contributed by atoms with Gasteiger partial charge in [0.05, 0.1) is 12.7 Å². The monoisotopic (exact) mass is 250 g/mol. The minimum Gasteiger partial charge on any atom is -0.342 e. The van der Waals surface area contributed by atoms with Crippen molar-refractivity contribution in [3.63, 3.8) is 0 Å². The molecule has 1 N–H and O–H groups in total. The van der Waals surface area contributed by atoms with Gasteiger partial charge in [0, 0.05) is 25.8 Å². The average Bonchev–Trinajstić information content (AvgIpc) is 2.88. The zero-order valence-electron chi connectivity index (χ0n) is 11.2. The van der Waals surface area contributed by atoms with Crippen LogP contribution in [0.1, 0.15) is 31.2 Å². The molecule has 18 heavy (non-hydrogen) atoms. The van der Waals surface area contributed by atoms with Crippen LogP contribution in [-0.2, 0) is 11.3 Å². The maximum Gasteiger partial charge on any atom is 0.236 e. The number of aromatic nitrogens is 2. The van der Waals surface area contributed by atoms with Gasteiger partial charge in [-0.3, -0.25) is 9.48 Å². The molecular formula is C13H22N4O. The first-order chi connectivity index (χ1) is 8.74. The Morgan fingerprint density at radius 1 is 1.50 bits per heavy atom. The summed E-state index contributed by atoms with van der Waals surface area (Å²) in [4.78, 5) is 13.7. The van der Waals surface area contributed by atoms with E-state index in [1.807, 2.05) is 22.8 Å². The van der Waals surface area contributed by atoms with Crippen LogP contribution < -0.4 is 5.32 Å². The minimum atomic E-state index is 0.209. The van der Waals surface area contributed by atoms with Crippen LogP contribution in [0.15, 0.2) is 12.4 Å². The van der Waals surface area contributed by atoms with Gasteiger partial charge >= 0.3 is 0 Å². The molecule has 1 aliphatic heterocycles. The number of carbonyl (C=O) groups is 1. The van der Waals surface area contributed by atoms with Crippen molar-refractivity contribution in [1.29, 1.82) is 0 Å². The van der Waals surface area contributed by atoms with Gasteiger partial charge in [0.25, 0.3) is 0 Å². The third kappa shape index (κ3) is 2.90. The number of aryl methyl sites for hydroxylation is 1. The Balaban J connectivity index is 1.88. The molecule has 0 aliphatic carbocycles. The number of hydrogen-bond acceptors (Lipinski definition) is 3. The smallest absolute Gasteiger partial charge is 0.236 e. The molecule has 0 saturated carbocycles. The summed E-state index contributed by atoms with van der Waals surface area (Å²) in [5.74, 6) is 0.768. The van der Waals surface area contributed by atoms with Crippen LogP contribution in [0.4, 0.5) is 0 Å². The Labute approximate surface area is 108 Å².